The minimum atomic E-state index is -0.225. The Morgan fingerprint density at radius 2 is 2.00 bits per heavy atom. The van der Waals surface area contributed by atoms with Crippen LogP contribution in [0.1, 0.15) is 34.0 Å². The summed E-state index contributed by atoms with van der Waals surface area (Å²) in [4.78, 5) is 18.0. The number of thiazole rings is 1. The van der Waals surface area contributed by atoms with Gasteiger partial charge in [0.2, 0.25) is 0 Å². The predicted molar refractivity (Wildman–Crippen MR) is 112 cm³/mol. The van der Waals surface area contributed by atoms with Gasteiger partial charge in [0.1, 0.15) is 0 Å². The van der Waals surface area contributed by atoms with Crippen LogP contribution in [-0.4, -0.2) is 23.7 Å². The molecule has 1 amide bonds. The molecule has 0 radical (unpaired) electrons. The highest BCUT2D eigenvalue weighted by Gasteiger charge is 2.14. The van der Waals surface area contributed by atoms with E-state index < -0.39 is 0 Å². The number of hydrogen-bond acceptors (Lipinski definition) is 3. The summed E-state index contributed by atoms with van der Waals surface area (Å²) in [6.07, 6.45) is 0. The van der Waals surface area contributed by atoms with Gasteiger partial charge < -0.3 is 9.30 Å². The Balaban J connectivity index is 2.16. The molecule has 0 spiro atoms. The smallest absolute Gasteiger partial charge is 0.279 e. The van der Waals surface area contributed by atoms with Gasteiger partial charge in [0.15, 0.2) is 4.80 Å². The topological polar surface area (TPSA) is 43.6 Å². The quantitative estimate of drug-likeness (QED) is 0.560. The highest BCUT2D eigenvalue weighted by atomic mass is 35.5. The molecule has 3 aromatic rings. The van der Waals surface area contributed by atoms with Crippen LogP contribution in [0.3, 0.4) is 0 Å². The van der Waals surface area contributed by atoms with Gasteiger partial charge in [-0.1, -0.05) is 40.6 Å². The molecule has 2 aromatic carbocycles. The maximum Gasteiger partial charge on any atom is 0.279 e. The number of ether oxygens (including phenoxy) is 1. The molecule has 1 heterocycles. The van der Waals surface area contributed by atoms with Crippen LogP contribution in [0.25, 0.3) is 10.2 Å². The van der Waals surface area contributed by atoms with Gasteiger partial charge in [-0.05, 0) is 57.0 Å². The molecule has 0 aliphatic carbocycles. The lowest BCUT2D eigenvalue weighted by atomic mass is 10.1. The highest BCUT2D eigenvalue weighted by molar-refractivity contribution is 7.16. The first-order valence-corrected chi connectivity index (χ1v) is 10.1. The maximum absolute atomic E-state index is 12.9. The lowest BCUT2D eigenvalue weighted by Gasteiger charge is -2.08. The number of halogens is 1. The number of carbonyl (C=O) groups is 1. The molecule has 0 bridgehead atoms. The Bertz CT molecular complexity index is 1070. The molecule has 0 fully saturated rings. The predicted octanol–water partition coefficient (Wildman–Crippen LogP) is 5.06. The van der Waals surface area contributed by atoms with Crippen LogP contribution in [0.15, 0.2) is 35.3 Å². The molecule has 0 atom stereocenters. The Morgan fingerprint density at radius 3 is 2.74 bits per heavy atom. The van der Waals surface area contributed by atoms with E-state index in [1.807, 2.05) is 62.6 Å². The number of fused-ring (bicyclic) bond motifs is 1. The minimum Gasteiger partial charge on any atom is -0.380 e. The largest absolute Gasteiger partial charge is 0.380 e. The van der Waals surface area contributed by atoms with Crippen molar-refractivity contribution in [2.75, 3.05) is 13.2 Å². The van der Waals surface area contributed by atoms with E-state index in [-0.39, 0.29) is 5.91 Å². The number of hydrogen-bond donors (Lipinski definition) is 0. The number of benzene rings is 2. The van der Waals surface area contributed by atoms with Crippen LogP contribution >= 0.6 is 22.9 Å². The number of nitrogens with zero attached hydrogens (tertiary/aromatic N) is 2. The van der Waals surface area contributed by atoms with Crippen molar-refractivity contribution in [3.8, 4) is 0 Å². The molecule has 0 unspecified atom stereocenters. The van der Waals surface area contributed by atoms with Crippen LogP contribution in [0, 0.1) is 20.8 Å². The van der Waals surface area contributed by atoms with E-state index in [1.54, 1.807) is 0 Å². The second-order valence-electron chi connectivity index (χ2n) is 6.49. The van der Waals surface area contributed by atoms with E-state index in [0.717, 1.165) is 26.9 Å². The molecule has 4 nitrogen and oxygen atoms in total. The third kappa shape index (κ3) is 4.15. The molecule has 0 aliphatic heterocycles. The molecule has 6 heteroatoms. The fourth-order valence-electron chi connectivity index (χ4n) is 3.02. The molecular formula is C21H23ClN2O2S. The summed E-state index contributed by atoms with van der Waals surface area (Å²) in [6.45, 7) is 9.69. The number of aryl methyl sites for hydroxylation is 3. The van der Waals surface area contributed by atoms with Gasteiger partial charge >= 0.3 is 0 Å². The molecular weight excluding hydrogens is 380 g/mol. The molecule has 0 N–H and O–H groups in total. The van der Waals surface area contributed by atoms with Crippen molar-refractivity contribution >= 4 is 39.1 Å². The van der Waals surface area contributed by atoms with Crippen LogP contribution in [-0.2, 0) is 11.3 Å². The Morgan fingerprint density at radius 1 is 1.22 bits per heavy atom. The second kappa shape index (κ2) is 8.38. The van der Waals surface area contributed by atoms with Crippen molar-refractivity contribution in [3.63, 3.8) is 0 Å². The first-order chi connectivity index (χ1) is 12.9. The van der Waals surface area contributed by atoms with E-state index in [9.17, 15) is 4.79 Å². The van der Waals surface area contributed by atoms with Crippen LogP contribution in [0.2, 0.25) is 5.02 Å². The second-order valence-corrected chi connectivity index (χ2v) is 7.90. The van der Waals surface area contributed by atoms with Crippen molar-refractivity contribution in [1.29, 1.82) is 0 Å². The fourth-order valence-corrected chi connectivity index (χ4v) is 4.29. The summed E-state index contributed by atoms with van der Waals surface area (Å²) in [5.74, 6) is -0.225. The van der Waals surface area contributed by atoms with Gasteiger partial charge in [0, 0.05) is 23.7 Å². The summed E-state index contributed by atoms with van der Waals surface area (Å²) < 4.78 is 8.63. The first kappa shape index (κ1) is 19.8. The van der Waals surface area contributed by atoms with Crippen molar-refractivity contribution in [2.45, 2.75) is 34.2 Å². The number of rotatable bonds is 5. The average molecular weight is 403 g/mol. The number of amides is 1. The zero-order valence-corrected chi connectivity index (χ0v) is 17.6. The fraction of sp³-hybridized carbons (Fsp3) is 0.333. The first-order valence-electron chi connectivity index (χ1n) is 8.95. The number of carbonyl (C=O) groups excluding carboxylic acids is 1. The third-order valence-corrected chi connectivity index (χ3v) is 5.97. The van der Waals surface area contributed by atoms with Crippen molar-refractivity contribution in [2.24, 2.45) is 4.99 Å². The van der Waals surface area contributed by atoms with Gasteiger partial charge in [-0.3, -0.25) is 4.79 Å². The van der Waals surface area contributed by atoms with E-state index in [1.165, 1.54) is 11.3 Å². The van der Waals surface area contributed by atoms with Crippen molar-refractivity contribution in [1.82, 2.24) is 4.57 Å². The molecule has 0 saturated heterocycles. The van der Waals surface area contributed by atoms with Gasteiger partial charge in [0.25, 0.3) is 5.91 Å². The van der Waals surface area contributed by atoms with Gasteiger partial charge in [-0.2, -0.15) is 4.99 Å². The summed E-state index contributed by atoms with van der Waals surface area (Å²) in [5.41, 5.74) is 4.61. The summed E-state index contributed by atoms with van der Waals surface area (Å²) >= 11 is 7.83. The number of aromatic nitrogens is 1. The van der Waals surface area contributed by atoms with Gasteiger partial charge in [-0.25, -0.2) is 0 Å². The highest BCUT2D eigenvalue weighted by Crippen LogP contribution is 2.27. The van der Waals surface area contributed by atoms with Gasteiger partial charge in [0.05, 0.1) is 16.8 Å². The summed E-state index contributed by atoms with van der Waals surface area (Å²) in [7, 11) is 0. The third-order valence-electron chi connectivity index (χ3n) is 4.51. The van der Waals surface area contributed by atoms with Crippen LogP contribution < -0.4 is 4.80 Å². The summed E-state index contributed by atoms with van der Waals surface area (Å²) in [6, 6.07) is 9.71. The van der Waals surface area contributed by atoms with E-state index in [4.69, 9.17) is 16.3 Å². The monoisotopic (exact) mass is 402 g/mol. The van der Waals surface area contributed by atoms with Crippen molar-refractivity contribution < 1.29 is 9.53 Å². The van der Waals surface area contributed by atoms with Crippen LogP contribution in [0.4, 0.5) is 0 Å². The Labute approximate surface area is 168 Å². The Hall–Kier alpha value is -1.95. The zero-order chi connectivity index (χ0) is 19.6. The maximum atomic E-state index is 12.9. The molecule has 1 aromatic heterocycles. The van der Waals surface area contributed by atoms with E-state index in [2.05, 4.69) is 4.99 Å². The molecule has 3 rings (SSSR count). The molecule has 142 valence electrons. The zero-order valence-electron chi connectivity index (χ0n) is 16.0. The molecule has 0 saturated carbocycles. The van der Waals surface area contributed by atoms with Crippen LogP contribution in [0.5, 0.6) is 0 Å². The SMILES string of the molecule is CCOCCn1c(=NC(=O)c2cc(C)ccc2C)sc2ccc(Cl)c(C)c21. The standard InChI is InChI=1S/C21H23ClN2O2S/c1-5-26-11-10-24-19-15(4)17(22)8-9-18(19)27-21(24)23-20(25)16-12-13(2)6-7-14(16)3/h6-9,12H,5,10-11H2,1-4H3. The normalized spacial score (nSPS) is 12.1. The Kier molecular flexibility index (Phi) is 6.15. The van der Waals surface area contributed by atoms with Gasteiger partial charge in [-0.15, -0.1) is 0 Å². The van der Waals surface area contributed by atoms with Crippen molar-refractivity contribution in [3.05, 3.63) is 62.4 Å². The minimum absolute atomic E-state index is 0.225. The van der Waals surface area contributed by atoms with E-state index in [0.29, 0.717) is 35.1 Å². The molecule has 0 aliphatic rings. The molecule has 27 heavy (non-hydrogen) atoms. The average Bonchev–Trinajstić information content (AvgIpc) is 2.98. The lowest BCUT2D eigenvalue weighted by molar-refractivity contribution is 0.0996. The summed E-state index contributed by atoms with van der Waals surface area (Å²) in [5, 5.41) is 0.706. The van der Waals surface area contributed by atoms with E-state index >= 15 is 0 Å². The lowest BCUT2D eigenvalue weighted by Crippen LogP contribution is -2.20.